The molecule has 0 aromatic rings. The van der Waals surface area contributed by atoms with E-state index in [0.717, 1.165) is 26.2 Å². The Morgan fingerprint density at radius 3 is 1.11 bits per heavy atom. The average molecular weight is 638 g/mol. The number of halogens is 4. The zero-order valence-electron chi connectivity index (χ0n) is 11.7. The Labute approximate surface area is 154 Å². The van der Waals surface area contributed by atoms with Crippen LogP contribution in [0.5, 0.6) is 0 Å². The van der Waals surface area contributed by atoms with Crippen molar-refractivity contribution < 1.29 is 0 Å². The fraction of sp³-hybridized carbons (Fsp3) is 1.00. The zero-order chi connectivity index (χ0) is 15.1. The predicted molar refractivity (Wildman–Crippen MR) is 102 cm³/mol. The Hall–Kier alpha value is 2.89. The van der Waals surface area contributed by atoms with Crippen LogP contribution in [0.15, 0.2) is 0 Å². The van der Waals surface area contributed by atoms with Crippen molar-refractivity contribution in [3.63, 3.8) is 0 Å². The Kier molecular flexibility index (Phi) is 28.5. The summed E-state index contributed by atoms with van der Waals surface area (Å²) in [4.78, 5) is 6.79. The molecule has 0 bridgehead atoms. The van der Waals surface area contributed by atoms with Crippen LogP contribution >= 0.6 is 56.0 Å². The summed E-state index contributed by atoms with van der Waals surface area (Å²) >= 11 is 14.6. The van der Waals surface area contributed by atoms with E-state index in [1.165, 1.54) is 0 Å². The molecule has 0 spiro atoms. The van der Waals surface area contributed by atoms with Crippen molar-refractivity contribution >= 4 is 79.5 Å². The summed E-state index contributed by atoms with van der Waals surface area (Å²) in [6.45, 7) is 4.59. The van der Waals surface area contributed by atoms with Gasteiger partial charge < -0.3 is 14.7 Å². The third-order valence-corrected chi connectivity index (χ3v) is 1.86. The van der Waals surface area contributed by atoms with Gasteiger partial charge in [-0.05, 0) is 35.2 Å². The SMILES string of the molecule is CN(C)CCN(C)CCN(C)C.[Br][Ge]([Br])[Br].[Ge][Br]. The van der Waals surface area contributed by atoms with E-state index in [-0.39, 0.29) is 0 Å². The van der Waals surface area contributed by atoms with Gasteiger partial charge in [-0.3, -0.25) is 0 Å². The fourth-order valence-corrected chi connectivity index (χ4v) is 0.853. The number of likely N-dealkylation sites (N-methyl/N-ethyl adjacent to an activating group) is 3. The molecule has 0 rings (SSSR count). The van der Waals surface area contributed by atoms with Gasteiger partial charge in [-0.2, -0.15) is 0 Å². The molecule has 9 heteroatoms. The Morgan fingerprint density at radius 2 is 0.944 bits per heavy atom. The molecule has 0 atom stereocenters. The van der Waals surface area contributed by atoms with Crippen molar-refractivity contribution in [2.75, 3.05) is 61.4 Å². The standard InChI is InChI=1S/C9H23N3.Br3Ge.BrGe/c1-10(2)6-8-12(5)9-7-11(3)4;1-4(2)3;1-2/h6-9H2,1-5H3;;. The summed E-state index contributed by atoms with van der Waals surface area (Å²) < 4.78 is 0. The Balaban J connectivity index is -0.000000317. The number of hydrogen-bond donors (Lipinski definition) is 0. The van der Waals surface area contributed by atoms with Crippen LogP contribution < -0.4 is 0 Å². The molecule has 0 aliphatic carbocycles. The first-order valence-corrected chi connectivity index (χ1v) is 24.9. The number of hydrogen-bond acceptors (Lipinski definition) is 3. The van der Waals surface area contributed by atoms with Gasteiger partial charge in [0.15, 0.2) is 0 Å². The minimum absolute atomic E-state index is 0.896. The van der Waals surface area contributed by atoms with Gasteiger partial charge in [0.25, 0.3) is 0 Å². The quantitative estimate of drug-likeness (QED) is 0.415. The van der Waals surface area contributed by atoms with Crippen LogP contribution in [0.4, 0.5) is 0 Å². The average Bonchev–Trinajstić information content (AvgIpc) is 2.25. The molecule has 0 saturated carbocycles. The minimum atomic E-state index is -0.896. The first-order valence-electron chi connectivity index (χ1n) is 5.26. The van der Waals surface area contributed by atoms with Crippen LogP contribution in [0.25, 0.3) is 0 Å². The molecule has 3 nitrogen and oxygen atoms in total. The zero-order valence-corrected chi connectivity index (χ0v) is 22.2. The van der Waals surface area contributed by atoms with Gasteiger partial charge >= 0.3 is 79.5 Å². The van der Waals surface area contributed by atoms with Gasteiger partial charge in [0.1, 0.15) is 0 Å². The van der Waals surface area contributed by atoms with E-state index in [9.17, 15) is 0 Å². The van der Waals surface area contributed by atoms with E-state index < -0.39 is 8.82 Å². The topological polar surface area (TPSA) is 9.72 Å². The van der Waals surface area contributed by atoms with Gasteiger partial charge in [0.2, 0.25) is 0 Å². The van der Waals surface area contributed by atoms with Crippen molar-refractivity contribution in [1.29, 1.82) is 0 Å². The monoisotopic (exact) mass is 637 g/mol. The number of rotatable bonds is 6. The third-order valence-electron chi connectivity index (χ3n) is 1.86. The maximum absolute atomic E-state index is 3.27. The van der Waals surface area contributed by atoms with E-state index in [1.54, 1.807) is 0 Å². The van der Waals surface area contributed by atoms with Gasteiger partial charge in [-0.15, -0.1) is 0 Å². The molecule has 0 unspecified atom stereocenters. The molecule has 110 valence electrons. The molecule has 0 aliphatic rings. The van der Waals surface area contributed by atoms with Crippen LogP contribution in [0.2, 0.25) is 0 Å². The molecule has 0 heterocycles. The van der Waals surface area contributed by atoms with E-state index in [0.29, 0.717) is 0 Å². The molecule has 18 heavy (non-hydrogen) atoms. The first-order chi connectivity index (χ1) is 8.25. The second-order valence-corrected chi connectivity index (χ2v) is 34.0. The van der Waals surface area contributed by atoms with Crippen LogP contribution in [0.3, 0.4) is 0 Å². The molecule has 0 fully saturated rings. The number of nitrogens with zero attached hydrogens (tertiary/aromatic N) is 3. The van der Waals surface area contributed by atoms with E-state index in [1.807, 2.05) is 14.7 Å². The second kappa shape index (κ2) is 19.9. The molecule has 0 N–H and O–H groups in total. The molecule has 0 aliphatic heterocycles. The molecule has 0 aromatic carbocycles. The summed E-state index contributed by atoms with van der Waals surface area (Å²) in [5.41, 5.74) is 0. The van der Waals surface area contributed by atoms with Gasteiger partial charge in [-0.25, -0.2) is 0 Å². The van der Waals surface area contributed by atoms with Crippen molar-refractivity contribution in [3.05, 3.63) is 0 Å². The molecule has 4 radical (unpaired) electrons. The maximum atomic E-state index is 3.27. The summed E-state index contributed by atoms with van der Waals surface area (Å²) in [6.07, 6.45) is 0. The van der Waals surface area contributed by atoms with Gasteiger partial charge in [0.05, 0.1) is 0 Å². The first kappa shape index (κ1) is 25.8. The van der Waals surface area contributed by atoms with E-state index in [2.05, 4.69) is 106 Å². The van der Waals surface area contributed by atoms with Gasteiger partial charge in [-0.1, -0.05) is 0 Å². The van der Waals surface area contributed by atoms with Gasteiger partial charge in [0, 0.05) is 26.2 Å². The van der Waals surface area contributed by atoms with Crippen LogP contribution in [0.1, 0.15) is 0 Å². The van der Waals surface area contributed by atoms with Crippen LogP contribution in [-0.4, -0.2) is 99.6 Å². The van der Waals surface area contributed by atoms with Crippen molar-refractivity contribution in [3.8, 4) is 0 Å². The Bertz CT molecular complexity index is 139. The molecule has 0 amide bonds. The second-order valence-electron chi connectivity index (χ2n) is 4.12. The molecular weight excluding hydrogens is 615 g/mol. The summed E-state index contributed by atoms with van der Waals surface area (Å²) in [7, 11) is 9.72. The van der Waals surface area contributed by atoms with Crippen molar-refractivity contribution in [2.24, 2.45) is 0 Å². The fourth-order valence-electron chi connectivity index (χ4n) is 0.853. The van der Waals surface area contributed by atoms with E-state index >= 15 is 0 Å². The summed E-state index contributed by atoms with van der Waals surface area (Å²) in [5.74, 6) is 0. The molecule has 0 saturated heterocycles. The molecular formula is C9H23Br4Ge2N3. The van der Waals surface area contributed by atoms with Crippen molar-refractivity contribution in [2.45, 2.75) is 0 Å². The molecule has 0 aromatic heterocycles. The Morgan fingerprint density at radius 1 is 0.722 bits per heavy atom. The van der Waals surface area contributed by atoms with E-state index in [4.69, 9.17) is 0 Å². The van der Waals surface area contributed by atoms with Crippen molar-refractivity contribution in [1.82, 2.24) is 14.7 Å². The normalized spacial score (nSPS) is 10.3. The summed E-state index contributed by atoms with van der Waals surface area (Å²) in [5, 5.41) is 0. The third kappa shape index (κ3) is 36.4. The van der Waals surface area contributed by atoms with Crippen LogP contribution in [-0.2, 0) is 0 Å². The summed E-state index contributed by atoms with van der Waals surface area (Å²) in [6, 6.07) is 0. The predicted octanol–water partition coefficient (Wildman–Crippen LogP) is 2.66. The van der Waals surface area contributed by atoms with Crippen LogP contribution in [0, 0.1) is 0 Å².